The molecule has 2 aromatic rings. The molecule has 1 atom stereocenters. The fourth-order valence-corrected chi connectivity index (χ4v) is 3.54. The zero-order chi connectivity index (χ0) is 17.3. The molecule has 1 aromatic heterocycles. The van der Waals surface area contributed by atoms with Gasteiger partial charge in [-0.1, -0.05) is 29.5 Å². The van der Waals surface area contributed by atoms with Gasteiger partial charge in [-0.2, -0.15) is 0 Å². The van der Waals surface area contributed by atoms with Crippen molar-refractivity contribution in [2.75, 3.05) is 4.90 Å². The van der Waals surface area contributed by atoms with Crippen LogP contribution in [-0.2, 0) is 9.59 Å². The molecule has 1 fully saturated rings. The first-order valence-corrected chi connectivity index (χ1v) is 8.12. The lowest BCUT2D eigenvalue weighted by molar-refractivity contribution is -0.255. The van der Waals surface area contributed by atoms with Crippen LogP contribution >= 0.6 is 11.8 Å². The van der Waals surface area contributed by atoms with Gasteiger partial charge in [0.2, 0.25) is 11.8 Å². The summed E-state index contributed by atoms with van der Waals surface area (Å²) in [6.45, 7) is 1.92. The largest absolute Gasteiger partial charge is 0.545 e. The monoisotopic (exact) mass is 341 g/mol. The highest BCUT2D eigenvalue weighted by molar-refractivity contribution is 8.00. The number of anilines is 1. The molecule has 1 aliphatic heterocycles. The Morgan fingerprint density at radius 1 is 1.25 bits per heavy atom. The zero-order valence-corrected chi connectivity index (χ0v) is 13.6. The van der Waals surface area contributed by atoms with Crippen LogP contribution in [0.25, 0.3) is 0 Å². The van der Waals surface area contributed by atoms with Crippen LogP contribution in [0.4, 0.5) is 5.69 Å². The molecule has 0 radical (unpaired) electrons. The number of carbonyl (C=O) groups is 3. The van der Waals surface area contributed by atoms with Crippen molar-refractivity contribution in [2.24, 2.45) is 0 Å². The summed E-state index contributed by atoms with van der Waals surface area (Å²) in [5.74, 6) is -2.05. The number of aromatic nitrogens is 1. The summed E-state index contributed by atoms with van der Waals surface area (Å²) in [7, 11) is 0. The van der Waals surface area contributed by atoms with E-state index in [1.54, 1.807) is 12.1 Å². The van der Waals surface area contributed by atoms with Crippen LogP contribution in [0.2, 0.25) is 0 Å². The van der Waals surface area contributed by atoms with E-state index in [9.17, 15) is 19.5 Å². The topological polar surface area (TPSA) is 90.4 Å². The first-order valence-electron chi connectivity index (χ1n) is 7.24. The number of pyridine rings is 1. The van der Waals surface area contributed by atoms with E-state index >= 15 is 0 Å². The van der Waals surface area contributed by atoms with E-state index in [1.165, 1.54) is 18.3 Å². The molecule has 0 unspecified atom stereocenters. The Morgan fingerprint density at radius 3 is 2.62 bits per heavy atom. The van der Waals surface area contributed by atoms with Gasteiger partial charge in [0.05, 0.1) is 16.9 Å². The molecule has 24 heavy (non-hydrogen) atoms. The molecule has 6 nitrogen and oxygen atoms in total. The van der Waals surface area contributed by atoms with Crippen molar-refractivity contribution < 1.29 is 19.5 Å². The molecule has 0 spiro atoms. The molecular formula is C17H13N2O4S-. The number of hydrogen-bond donors (Lipinski definition) is 0. The number of amides is 2. The summed E-state index contributed by atoms with van der Waals surface area (Å²) in [6.07, 6.45) is 1.44. The van der Waals surface area contributed by atoms with Gasteiger partial charge < -0.3 is 9.90 Å². The van der Waals surface area contributed by atoms with Gasteiger partial charge in [-0.05, 0) is 31.2 Å². The van der Waals surface area contributed by atoms with Crippen molar-refractivity contribution in [2.45, 2.75) is 23.6 Å². The van der Waals surface area contributed by atoms with Crippen LogP contribution in [0.15, 0.2) is 47.6 Å². The standard InChI is InChI=1S/C17H14N2O4S/c1-10-4-6-11(7-5-10)19-14(20)9-13(16(19)21)24-15-12(17(22)23)3-2-8-18-15/h2-8,13H,9H2,1H3,(H,22,23)/p-1/t13-/m0/s1. The number of carboxylic acid groups (broad SMARTS) is 1. The van der Waals surface area contributed by atoms with E-state index in [2.05, 4.69) is 4.98 Å². The van der Waals surface area contributed by atoms with Gasteiger partial charge in [0.15, 0.2) is 0 Å². The first-order chi connectivity index (χ1) is 11.5. The highest BCUT2D eigenvalue weighted by Crippen LogP contribution is 2.34. The summed E-state index contributed by atoms with van der Waals surface area (Å²) in [5.41, 5.74) is 1.45. The highest BCUT2D eigenvalue weighted by atomic mass is 32.2. The molecular weight excluding hydrogens is 328 g/mol. The summed E-state index contributed by atoms with van der Waals surface area (Å²) in [6, 6.07) is 9.92. The number of benzene rings is 1. The number of nitrogens with zero attached hydrogens (tertiary/aromatic N) is 2. The summed E-state index contributed by atoms with van der Waals surface area (Å²) in [4.78, 5) is 41.1. The van der Waals surface area contributed by atoms with E-state index in [1.807, 2.05) is 19.1 Å². The number of carboxylic acids is 1. The van der Waals surface area contributed by atoms with Crippen LogP contribution in [0.3, 0.4) is 0 Å². The van der Waals surface area contributed by atoms with Gasteiger partial charge in [0.25, 0.3) is 0 Å². The highest BCUT2D eigenvalue weighted by Gasteiger charge is 2.40. The van der Waals surface area contributed by atoms with Gasteiger partial charge in [-0.3, -0.25) is 9.59 Å². The fraction of sp³-hybridized carbons (Fsp3) is 0.176. The van der Waals surface area contributed by atoms with Crippen LogP contribution in [0.1, 0.15) is 22.3 Å². The van der Waals surface area contributed by atoms with E-state index < -0.39 is 11.2 Å². The minimum atomic E-state index is -1.36. The third-order valence-electron chi connectivity index (χ3n) is 3.64. The number of imide groups is 1. The Morgan fingerprint density at radius 2 is 1.96 bits per heavy atom. The van der Waals surface area contributed by atoms with Gasteiger partial charge in [-0.25, -0.2) is 9.88 Å². The molecule has 2 heterocycles. The van der Waals surface area contributed by atoms with Gasteiger partial charge in [0.1, 0.15) is 5.03 Å². The van der Waals surface area contributed by atoms with Crippen molar-refractivity contribution in [1.29, 1.82) is 0 Å². The van der Waals surface area contributed by atoms with Crippen LogP contribution in [-0.4, -0.2) is 28.0 Å². The van der Waals surface area contributed by atoms with E-state index in [4.69, 9.17) is 0 Å². The second kappa shape index (κ2) is 6.45. The van der Waals surface area contributed by atoms with Crippen molar-refractivity contribution in [1.82, 2.24) is 4.98 Å². The maximum atomic E-state index is 12.6. The third-order valence-corrected chi connectivity index (χ3v) is 4.84. The molecule has 0 aliphatic carbocycles. The van der Waals surface area contributed by atoms with E-state index in [0.717, 1.165) is 22.2 Å². The van der Waals surface area contributed by atoms with E-state index in [-0.39, 0.29) is 28.8 Å². The normalized spacial score (nSPS) is 17.4. The van der Waals surface area contributed by atoms with Crippen molar-refractivity contribution in [3.05, 3.63) is 53.7 Å². The molecule has 1 saturated heterocycles. The Bertz CT molecular complexity index is 820. The van der Waals surface area contributed by atoms with Crippen molar-refractivity contribution >= 4 is 35.2 Å². The summed E-state index contributed by atoms with van der Waals surface area (Å²) in [5, 5.41) is 10.6. The number of hydrogen-bond acceptors (Lipinski definition) is 6. The lowest BCUT2D eigenvalue weighted by Crippen LogP contribution is -2.31. The maximum Gasteiger partial charge on any atom is 0.247 e. The fourth-order valence-electron chi connectivity index (χ4n) is 2.44. The maximum absolute atomic E-state index is 12.6. The predicted molar refractivity (Wildman–Crippen MR) is 86.5 cm³/mol. The Labute approximate surface area is 142 Å². The number of aromatic carboxylic acids is 1. The Hall–Kier alpha value is -2.67. The first kappa shape index (κ1) is 16.2. The lowest BCUT2D eigenvalue weighted by Gasteiger charge is -2.15. The lowest BCUT2D eigenvalue weighted by atomic mass is 10.2. The van der Waals surface area contributed by atoms with Crippen molar-refractivity contribution in [3.63, 3.8) is 0 Å². The average Bonchev–Trinajstić information content (AvgIpc) is 2.83. The van der Waals surface area contributed by atoms with Crippen LogP contribution in [0, 0.1) is 6.92 Å². The molecule has 0 saturated carbocycles. The molecule has 3 rings (SSSR count). The molecule has 1 aliphatic rings. The minimum Gasteiger partial charge on any atom is -0.545 e. The molecule has 1 aromatic carbocycles. The Kier molecular flexibility index (Phi) is 4.35. The smallest absolute Gasteiger partial charge is 0.247 e. The van der Waals surface area contributed by atoms with Crippen LogP contribution in [0.5, 0.6) is 0 Å². The second-order valence-corrected chi connectivity index (χ2v) is 6.55. The quantitative estimate of drug-likeness (QED) is 0.776. The molecule has 0 N–H and O–H groups in total. The molecule has 2 amide bonds. The van der Waals surface area contributed by atoms with Crippen LogP contribution < -0.4 is 10.0 Å². The Balaban J connectivity index is 1.85. The van der Waals surface area contributed by atoms with Gasteiger partial charge >= 0.3 is 0 Å². The minimum absolute atomic E-state index is 0.000435. The molecule has 7 heteroatoms. The number of thioether (sulfide) groups is 1. The summed E-state index contributed by atoms with van der Waals surface area (Å²) >= 11 is 0.976. The number of carbonyl (C=O) groups excluding carboxylic acids is 3. The van der Waals surface area contributed by atoms with Gasteiger partial charge in [-0.15, -0.1) is 0 Å². The van der Waals surface area contributed by atoms with E-state index in [0.29, 0.717) is 5.69 Å². The average molecular weight is 341 g/mol. The second-order valence-electron chi connectivity index (χ2n) is 5.36. The van der Waals surface area contributed by atoms with Gasteiger partial charge in [0, 0.05) is 18.2 Å². The zero-order valence-electron chi connectivity index (χ0n) is 12.8. The predicted octanol–water partition coefficient (Wildman–Crippen LogP) is 1.18. The molecule has 122 valence electrons. The SMILES string of the molecule is Cc1ccc(N2C(=O)C[C@H](Sc3ncccc3C(=O)[O-])C2=O)cc1. The third kappa shape index (κ3) is 3.03. The van der Waals surface area contributed by atoms with Crippen molar-refractivity contribution in [3.8, 4) is 0 Å². The number of rotatable bonds is 4. The number of aryl methyl sites for hydroxylation is 1. The summed E-state index contributed by atoms with van der Waals surface area (Å²) < 4.78 is 0. The molecule has 0 bridgehead atoms.